The molecule has 4 heteroatoms. The van der Waals surface area contributed by atoms with E-state index in [9.17, 15) is 0 Å². The number of nitrogens with one attached hydrogen (secondary N) is 1. The summed E-state index contributed by atoms with van der Waals surface area (Å²) in [5.41, 5.74) is 0.691. The molecule has 0 atom stereocenters. The highest BCUT2D eigenvalue weighted by Gasteiger charge is 2.41. The van der Waals surface area contributed by atoms with Crippen LogP contribution >= 0.6 is 0 Å². The molecule has 1 aliphatic rings. The molecule has 2 rings (SSSR count). The molecule has 2 N–H and O–H groups in total. The monoisotopic (exact) mass is 217 g/mol. The van der Waals surface area contributed by atoms with Crippen molar-refractivity contribution in [3.05, 3.63) is 23.9 Å². The highest BCUT2D eigenvalue weighted by Crippen LogP contribution is 2.48. The molecule has 0 amide bonds. The molecular weight excluding hydrogens is 202 g/mol. The van der Waals surface area contributed by atoms with Gasteiger partial charge in [0.2, 0.25) is 0 Å². The third-order valence-corrected chi connectivity index (χ3v) is 3.11. The number of aromatic nitrogens is 1. The summed E-state index contributed by atoms with van der Waals surface area (Å²) in [5.74, 6) is 0.739. The Morgan fingerprint density at radius 2 is 2.31 bits per heavy atom. The quantitative estimate of drug-likeness (QED) is 0.784. The van der Waals surface area contributed by atoms with Gasteiger partial charge in [0.1, 0.15) is 17.6 Å². The fourth-order valence-corrected chi connectivity index (χ4v) is 1.80. The first kappa shape index (κ1) is 10.9. The smallest absolute Gasteiger partial charge is 0.142 e. The summed E-state index contributed by atoms with van der Waals surface area (Å²) in [4.78, 5) is 4.15. The lowest BCUT2D eigenvalue weighted by Crippen LogP contribution is -2.17. The van der Waals surface area contributed by atoms with Crippen LogP contribution in [0.1, 0.15) is 25.0 Å². The molecule has 0 unspecified atom stereocenters. The summed E-state index contributed by atoms with van der Waals surface area (Å²) in [5, 5.41) is 20.9. The van der Waals surface area contributed by atoms with Crippen molar-refractivity contribution in [1.29, 1.82) is 5.26 Å². The minimum Gasteiger partial charge on any atom is -0.396 e. The number of nitrogens with zero attached hydrogens (tertiary/aromatic N) is 2. The molecule has 0 bridgehead atoms. The van der Waals surface area contributed by atoms with E-state index in [0.29, 0.717) is 5.69 Å². The number of hydrogen-bond acceptors (Lipinski definition) is 4. The molecule has 4 nitrogen and oxygen atoms in total. The Morgan fingerprint density at radius 3 is 2.94 bits per heavy atom. The minimum atomic E-state index is 0.243. The predicted octanol–water partition coefficient (Wildman–Crippen LogP) is 1.53. The van der Waals surface area contributed by atoms with Crippen molar-refractivity contribution in [2.45, 2.75) is 19.3 Å². The maximum absolute atomic E-state index is 8.93. The van der Waals surface area contributed by atoms with Crippen molar-refractivity contribution in [2.24, 2.45) is 5.41 Å². The average molecular weight is 217 g/mol. The van der Waals surface area contributed by atoms with E-state index >= 15 is 0 Å². The van der Waals surface area contributed by atoms with Crippen molar-refractivity contribution >= 4 is 5.82 Å². The molecule has 1 heterocycles. The summed E-state index contributed by atoms with van der Waals surface area (Å²) < 4.78 is 0. The minimum absolute atomic E-state index is 0.243. The van der Waals surface area contributed by atoms with Crippen LogP contribution in [-0.4, -0.2) is 23.2 Å². The third-order valence-electron chi connectivity index (χ3n) is 3.11. The Balaban J connectivity index is 1.92. The second kappa shape index (κ2) is 4.50. The second-order valence-corrected chi connectivity index (χ2v) is 4.35. The zero-order chi connectivity index (χ0) is 11.4. The normalized spacial score (nSPS) is 16.5. The summed E-state index contributed by atoms with van der Waals surface area (Å²) >= 11 is 0. The molecule has 0 aliphatic heterocycles. The summed E-state index contributed by atoms with van der Waals surface area (Å²) in [7, 11) is 0. The summed E-state index contributed by atoms with van der Waals surface area (Å²) in [6.45, 7) is 1.07. The highest BCUT2D eigenvalue weighted by atomic mass is 16.3. The van der Waals surface area contributed by atoms with Gasteiger partial charge in [0.05, 0.1) is 0 Å². The Morgan fingerprint density at radius 1 is 1.50 bits per heavy atom. The van der Waals surface area contributed by atoms with Crippen LogP contribution in [0, 0.1) is 16.7 Å². The zero-order valence-electron chi connectivity index (χ0n) is 9.11. The number of aliphatic hydroxyl groups is 1. The highest BCUT2D eigenvalue weighted by molar-refractivity contribution is 5.38. The number of pyridine rings is 1. The van der Waals surface area contributed by atoms with Crippen LogP contribution < -0.4 is 5.32 Å². The number of rotatable bonds is 5. The van der Waals surface area contributed by atoms with Crippen LogP contribution in [0.5, 0.6) is 0 Å². The Kier molecular flexibility index (Phi) is 3.07. The van der Waals surface area contributed by atoms with E-state index in [-0.39, 0.29) is 12.0 Å². The largest absolute Gasteiger partial charge is 0.396 e. The molecule has 1 aromatic heterocycles. The van der Waals surface area contributed by atoms with E-state index in [1.165, 1.54) is 12.8 Å². The first-order valence-corrected chi connectivity index (χ1v) is 5.50. The van der Waals surface area contributed by atoms with Gasteiger partial charge >= 0.3 is 0 Å². The van der Waals surface area contributed by atoms with Gasteiger partial charge in [0.15, 0.2) is 0 Å². The van der Waals surface area contributed by atoms with Gasteiger partial charge in [0, 0.05) is 13.2 Å². The van der Waals surface area contributed by atoms with E-state index in [2.05, 4.69) is 10.3 Å². The number of hydrogen-bond donors (Lipinski definition) is 2. The number of nitriles is 1. The molecule has 16 heavy (non-hydrogen) atoms. The molecular formula is C12H15N3O. The fourth-order valence-electron chi connectivity index (χ4n) is 1.80. The van der Waals surface area contributed by atoms with Crippen LogP contribution in [0.3, 0.4) is 0 Å². The van der Waals surface area contributed by atoms with Crippen molar-refractivity contribution < 1.29 is 5.11 Å². The first-order valence-electron chi connectivity index (χ1n) is 5.50. The van der Waals surface area contributed by atoms with Gasteiger partial charge < -0.3 is 10.4 Å². The number of anilines is 1. The molecule has 0 aromatic carbocycles. The predicted molar refractivity (Wildman–Crippen MR) is 60.8 cm³/mol. The van der Waals surface area contributed by atoms with E-state index in [0.717, 1.165) is 18.8 Å². The molecule has 84 valence electrons. The Labute approximate surface area is 94.9 Å². The maximum atomic E-state index is 8.93. The third kappa shape index (κ3) is 2.50. The van der Waals surface area contributed by atoms with Crippen LogP contribution in [0.2, 0.25) is 0 Å². The van der Waals surface area contributed by atoms with Gasteiger partial charge in [-0.1, -0.05) is 6.07 Å². The Hall–Kier alpha value is -1.60. The molecule has 0 spiro atoms. The van der Waals surface area contributed by atoms with E-state index < -0.39 is 0 Å². The zero-order valence-corrected chi connectivity index (χ0v) is 9.11. The van der Waals surface area contributed by atoms with Crippen molar-refractivity contribution in [2.75, 3.05) is 18.5 Å². The van der Waals surface area contributed by atoms with Crippen LogP contribution in [0.15, 0.2) is 18.2 Å². The van der Waals surface area contributed by atoms with Gasteiger partial charge in [-0.05, 0) is 36.8 Å². The topological polar surface area (TPSA) is 68.9 Å². The van der Waals surface area contributed by atoms with E-state index in [1.807, 2.05) is 18.2 Å². The van der Waals surface area contributed by atoms with Crippen molar-refractivity contribution in [3.8, 4) is 6.07 Å². The average Bonchev–Trinajstić information content (AvgIpc) is 3.08. The van der Waals surface area contributed by atoms with E-state index in [4.69, 9.17) is 10.4 Å². The SMILES string of the molecule is N#Cc1cccc(NCC2(CCO)CC2)n1. The second-order valence-electron chi connectivity index (χ2n) is 4.35. The molecule has 0 radical (unpaired) electrons. The summed E-state index contributed by atoms with van der Waals surface area (Å²) in [6.07, 6.45) is 3.18. The molecule has 1 fully saturated rings. The van der Waals surface area contributed by atoms with E-state index in [1.54, 1.807) is 6.07 Å². The Bertz CT molecular complexity index is 407. The molecule has 1 saturated carbocycles. The maximum Gasteiger partial charge on any atom is 0.142 e. The lowest BCUT2D eigenvalue weighted by Gasteiger charge is -2.14. The van der Waals surface area contributed by atoms with Gasteiger partial charge in [-0.25, -0.2) is 4.98 Å². The van der Waals surface area contributed by atoms with Crippen molar-refractivity contribution in [3.63, 3.8) is 0 Å². The lowest BCUT2D eigenvalue weighted by molar-refractivity contribution is 0.253. The van der Waals surface area contributed by atoms with Crippen molar-refractivity contribution in [1.82, 2.24) is 4.98 Å². The fraction of sp³-hybridized carbons (Fsp3) is 0.500. The van der Waals surface area contributed by atoms with Crippen LogP contribution in [0.4, 0.5) is 5.82 Å². The van der Waals surface area contributed by atoms with Gasteiger partial charge in [-0.3, -0.25) is 0 Å². The lowest BCUT2D eigenvalue weighted by atomic mass is 10.0. The van der Waals surface area contributed by atoms with Gasteiger partial charge in [-0.15, -0.1) is 0 Å². The van der Waals surface area contributed by atoms with Gasteiger partial charge in [-0.2, -0.15) is 5.26 Å². The van der Waals surface area contributed by atoms with Crippen LogP contribution in [0.25, 0.3) is 0 Å². The van der Waals surface area contributed by atoms with Crippen LogP contribution in [-0.2, 0) is 0 Å². The number of aliphatic hydroxyl groups excluding tert-OH is 1. The standard InChI is InChI=1S/C12H15N3O/c13-8-10-2-1-3-11(15-10)14-9-12(4-5-12)6-7-16/h1-3,16H,4-7,9H2,(H,14,15). The molecule has 1 aromatic rings. The summed E-state index contributed by atoms with van der Waals surface area (Å²) in [6, 6.07) is 7.38. The molecule has 0 saturated heterocycles. The first-order chi connectivity index (χ1) is 7.78. The van der Waals surface area contributed by atoms with Gasteiger partial charge in [0.25, 0.3) is 0 Å². The molecule has 1 aliphatic carbocycles.